The first-order chi connectivity index (χ1) is 10.5. The molecule has 4 atom stereocenters. The summed E-state index contributed by atoms with van der Waals surface area (Å²) in [7, 11) is 0. The molecule has 0 aliphatic heterocycles. The van der Waals surface area contributed by atoms with Crippen molar-refractivity contribution < 1.29 is 17.6 Å². The summed E-state index contributed by atoms with van der Waals surface area (Å²) in [6.07, 6.45) is 13.3. The van der Waals surface area contributed by atoms with Gasteiger partial charge < -0.3 is 0 Å². The number of rotatable bonds is 0. The molecule has 5 aliphatic carbocycles. The smallest absolute Gasteiger partial charge is 0.197 e. The molecule has 112 valence electrons. The van der Waals surface area contributed by atoms with Crippen molar-refractivity contribution in [2.24, 2.45) is 10.8 Å². The molecule has 6 rings (SSSR count). The monoisotopic (exact) mass is 304 g/mol. The van der Waals surface area contributed by atoms with Crippen LogP contribution in [-0.2, 0) is 0 Å². The van der Waals surface area contributed by atoms with Gasteiger partial charge in [0, 0.05) is 33.8 Å². The summed E-state index contributed by atoms with van der Waals surface area (Å²) in [6, 6.07) is 0. The van der Waals surface area contributed by atoms with E-state index in [0.717, 1.165) is 0 Å². The highest BCUT2D eigenvalue weighted by molar-refractivity contribution is 5.58. The van der Waals surface area contributed by atoms with Crippen LogP contribution < -0.4 is 0 Å². The van der Waals surface area contributed by atoms with Crippen LogP contribution in [0.15, 0.2) is 36.5 Å². The molecule has 0 radical (unpaired) electrons. The van der Waals surface area contributed by atoms with Crippen molar-refractivity contribution >= 4 is 0 Å². The second-order valence-electron chi connectivity index (χ2n) is 6.72. The summed E-state index contributed by atoms with van der Waals surface area (Å²) in [5, 5.41) is 0. The topological polar surface area (TPSA) is 0 Å². The van der Waals surface area contributed by atoms with Gasteiger partial charge in [-0.3, -0.25) is 0 Å². The largest absolute Gasteiger partial charge is 0.203 e. The molecule has 1 aromatic rings. The molecule has 2 bridgehead atoms. The van der Waals surface area contributed by atoms with Gasteiger partial charge in [0.25, 0.3) is 0 Å². The molecule has 0 saturated carbocycles. The van der Waals surface area contributed by atoms with Crippen molar-refractivity contribution in [3.05, 3.63) is 70.9 Å². The maximum absolute atomic E-state index is 14.4. The molecule has 0 N–H and O–H groups in total. The fourth-order valence-corrected chi connectivity index (χ4v) is 5.17. The van der Waals surface area contributed by atoms with E-state index in [1.54, 1.807) is 0 Å². The Bertz CT molecular complexity index is 754. The van der Waals surface area contributed by atoms with Gasteiger partial charge in [0.2, 0.25) is 0 Å². The van der Waals surface area contributed by atoms with Gasteiger partial charge in [-0.1, -0.05) is 36.5 Å². The minimum atomic E-state index is -1.70. The average molecular weight is 304 g/mol. The Balaban J connectivity index is 1.89. The third-order valence-electron chi connectivity index (χ3n) is 6.19. The lowest BCUT2D eigenvalue weighted by Crippen LogP contribution is -2.58. The van der Waals surface area contributed by atoms with Crippen LogP contribution in [0.2, 0.25) is 0 Å². The summed E-state index contributed by atoms with van der Waals surface area (Å²) in [6.45, 7) is 0. The van der Waals surface area contributed by atoms with E-state index in [9.17, 15) is 17.6 Å². The quantitative estimate of drug-likeness (QED) is 0.277. The van der Waals surface area contributed by atoms with Crippen LogP contribution in [0.3, 0.4) is 0 Å². The first-order valence-electron chi connectivity index (χ1n) is 7.43. The number of allylic oxidation sites excluding steroid dienone is 6. The molecule has 0 nitrogen and oxygen atoms in total. The second-order valence-corrected chi connectivity index (χ2v) is 6.72. The lowest BCUT2D eigenvalue weighted by Gasteiger charge is -2.66. The van der Waals surface area contributed by atoms with Crippen LogP contribution in [0.1, 0.15) is 35.8 Å². The van der Waals surface area contributed by atoms with Gasteiger partial charge >= 0.3 is 0 Å². The van der Waals surface area contributed by atoms with E-state index in [1.165, 1.54) is 0 Å². The lowest BCUT2D eigenvalue weighted by atomic mass is 9.36. The molecule has 0 amide bonds. The number of benzene rings is 1. The van der Waals surface area contributed by atoms with Crippen molar-refractivity contribution in [3.8, 4) is 0 Å². The third kappa shape index (κ3) is 1.03. The van der Waals surface area contributed by atoms with E-state index in [-0.39, 0.29) is 22.0 Å². The van der Waals surface area contributed by atoms with Crippen LogP contribution in [0.5, 0.6) is 0 Å². The SMILES string of the molecule is Fc1c(F)c(F)c2c(c1F)[C@H]1C=C[C@H]2[C@]23C=C[C@@]12CC=CC3. The second kappa shape index (κ2) is 3.55. The zero-order chi connectivity index (χ0) is 15.3. The highest BCUT2D eigenvalue weighted by atomic mass is 19.2. The molecule has 0 spiro atoms. The molecule has 5 aliphatic rings. The minimum Gasteiger partial charge on any atom is -0.203 e. The zero-order valence-corrected chi connectivity index (χ0v) is 11.5. The Morgan fingerprint density at radius 1 is 0.682 bits per heavy atom. The molecular formula is C18H12F4. The van der Waals surface area contributed by atoms with Gasteiger partial charge in [-0.05, 0) is 12.8 Å². The van der Waals surface area contributed by atoms with E-state index in [2.05, 4.69) is 0 Å². The lowest BCUT2D eigenvalue weighted by molar-refractivity contribution is 0.0319. The third-order valence-corrected chi connectivity index (χ3v) is 6.19. The maximum Gasteiger partial charge on any atom is 0.197 e. The molecule has 1 aromatic carbocycles. The predicted octanol–water partition coefficient (Wildman–Crippen LogP) is 4.89. The van der Waals surface area contributed by atoms with Crippen LogP contribution in [0, 0.1) is 34.1 Å². The summed E-state index contributed by atoms with van der Waals surface area (Å²) in [4.78, 5) is 0. The van der Waals surface area contributed by atoms with Crippen LogP contribution >= 0.6 is 0 Å². The minimum absolute atomic E-state index is 0.0131. The highest BCUT2D eigenvalue weighted by Gasteiger charge is 2.67. The molecule has 0 unspecified atom stereocenters. The van der Waals surface area contributed by atoms with Crippen molar-refractivity contribution in [1.82, 2.24) is 0 Å². The van der Waals surface area contributed by atoms with Crippen LogP contribution in [0.25, 0.3) is 0 Å². The van der Waals surface area contributed by atoms with Gasteiger partial charge in [-0.15, -0.1) is 0 Å². The van der Waals surface area contributed by atoms with Crippen molar-refractivity contribution in [3.63, 3.8) is 0 Å². The average Bonchev–Trinajstić information content (AvgIpc) is 2.52. The van der Waals surface area contributed by atoms with E-state index in [0.29, 0.717) is 12.8 Å². The normalized spacial score (nSPS) is 39.3. The Hall–Kier alpha value is -1.84. The van der Waals surface area contributed by atoms with Crippen LogP contribution in [0.4, 0.5) is 17.6 Å². The van der Waals surface area contributed by atoms with Crippen molar-refractivity contribution in [2.45, 2.75) is 24.7 Å². The first-order valence-corrected chi connectivity index (χ1v) is 7.43. The number of hydrogen-bond acceptors (Lipinski definition) is 0. The summed E-state index contributed by atoms with van der Waals surface area (Å²) in [5.74, 6) is -6.74. The molecule has 22 heavy (non-hydrogen) atoms. The summed E-state index contributed by atoms with van der Waals surface area (Å²) >= 11 is 0. The van der Waals surface area contributed by atoms with Crippen molar-refractivity contribution in [1.29, 1.82) is 0 Å². The molecular weight excluding hydrogens is 292 g/mol. The van der Waals surface area contributed by atoms with Gasteiger partial charge in [-0.25, -0.2) is 17.6 Å². The summed E-state index contributed by atoms with van der Waals surface area (Å²) < 4.78 is 56.2. The fourth-order valence-electron chi connectivity index (χ4n) is 5.17. The van der Waals surface area contributed by atoms with Gasteiger partial charge in [0.15, 0.2) is 23.3 Å². The molecule has 4 heteroatoms. The first kappa shape index (κ1) is 12.7. The Morgan fingerprint density at radius 2 is 1.09 bits per heavy atom. The predicted molar refractivity (Wildman–Crippen MR) is 73.3 cm³/mol. The van der Waals surface area contributed by atoms with Gasteiger partial charge in [0.05, 0.1) is 0 Å². The van der Waals surface area contributed by atoms with E-state index in [4.69, 9.17) is 0 Å². The Kier molecular flexibility index (Phi) is 2.05. The number of halogens is 4. The van der Waals surface area contributed by atoms with Crippen LogP contribution in [-0.4, -0.2) is 0 Å². The molecule has 0 saturated heterocycles. The van der Waals surface area contributed by atoms with Gasteiger partial charge in [-0.2, -0.15) is 0 Å². The van der Waals surface area contributed by atoms with Gasteiger partial charge in [0.1, 0.15) is 0 Å². The van der Waals surface area contributed by atoms with E-state index < -0.39 is 35.1 Å². The van der Waals surface area contributed by atoms with E-state index in [1.807, 2.05) is 36.5 Å². The fraction of sp³-hybridized carbons (Fsp3) is 0.333. The van der Waals surface area contributed by atoms with E-state index >= 15 is 0 Å². The highest BCUT2D eigenvalue weighted by Crippen LogP contribution is 2.75. The molecule has 0 fully saturated rings. The standard InChI is InChI=1S/C18H12F4/c19-13-11-9-3-4-10(12(11)14(20)16(22)15(13)21)18-6-2-1-5-17(9,18)7-8-18/h1-4,7-10H,5-6H2/t9-,10-,17+,18+/m1/s1. The summed E-state index contributed by atoms with van der Waals surface area (Å²) in [5.41, 5.74) is -0.629. The zero-order valence-electron chi connectivity index (χ0n) is 11.5. The number of hydrogen-bond donors (Lipinski definition) is 0. The maximum atomic E-state index is 14.4. The Labute approximate surface area is 124 Å². The molecule has 0 heterocycles. The van der Waals surface area contributed by atoms with Crippen molar-refractivity contribution in [2.75, 3.05) is 0 Å². The Morgan fingerprint density at radius 3 is 1.45 bits per heavy atom. The molecule has 0 aromatic heterocycles.